The van der Waals surface area contributed by atoms with Crippen molar-refractivity contribution in [3.05, 3.63) is 11.6 Å². The topological polar surface area (TPSA) is 32.8 Å². The molecule has 4 aliphatic carbocycles. The van der Waals surface area contributed by atoms with Crippen molar-refractivity contribution in [2.75, 3.05) is 0 Å². The number of alkyl halides is 1. The Balaban J connectivity index is 1.51. The number of aliphatic hydroxyl groups is 1. The van der Waals surface area contributed by atoms with Crippen LogP contribution in [0.5, 0.6) is 0 Å². The van der Waals surface area contributed by atoms with Gasteiger partial charge in [-0.3, -0.25) is 0 Å². The summed E-state index contributed by atoms with van der Waals surface area (Å²) in [7, 11) is 0. The molecular weight excluding hydrogens is 387 g/mol. The van der Waals surface area contributed by atoms with Crippen molar-refractivity contribution >= 4 is 22.6 Å². The highest BCUT2D eigenvalue weighted by Gasteiger charge is 2.76. The molecule has 0 aromatic carbocycles. The third-order valence-corrected chi connectivity index (χ3v) is 10.6. The highest BCUT2D eigenvalue weighted by molar-refractivity contribution is 14.1. The van der Waals surface area contributed by atoms with Gasteiger partial charge in [-0.15, -0.1) is 0 Å². The molecule has 0 amide bonds. The normalized spacial score (nSPS) is 62.4. The molecule has 0 bridgehead atoms. The number of hydrogen-bond donors (Lipinski definition) is 1. The maximum atomic E-state index is 10.1. The number of hydrogen-bond acceptors (Lipinski definition) is 2. The van der Waals surface area contributed by atoms with Crippen LogP contribution in [-0.2, 0) is 4.74 Å². The van der Waals surface area contributed by atoms with Crippen LogP contribution in [0.15, 0.2) is 11.6 Å². The number of rotatable bonds is 0. The molecule has 1 aliphatic heterocycles. The van der Waals surface area contributed by atoms with Crippen molar-refractivity contribution in [3.63, 3.8) is 0 Å². The molecule has 4 fully saturated rings. The Morgan fingerprint density at radius 1 is 1.23 bits per heavy atom. The van der Waals surface area contributed by atoms with Crippen LogP contribution in [0.2, 0.25) is 0 Å². The number of aliphatic hydroxyl groups excluding tert-OH is 1. The molecule has 2 nitrogen and oxygen atoms in total. The van der Waals surface area contributed by atoms with Crippen molar-refractivity contribution in [1.29, 1.82) is 0 Å². The van der Waals surface area contributed by atoms with E-state index in [1.165, 1.54) is 32.1 Å². The minimum absolute atomic E-state index is 0.0881. The molecule has 0 aromatic heterocycles. The van der Waals surface area contributed by atoms with Gasteiger partial charge in [0.05, 0.1) is 12.2 Å². The maximum Gasteiger partial charge on any atom is 0.151 e. The number of epoxide rings is 1. The van der Waals surface area contributed by atoms with E-state index in [1.807, 2.05) is 0 Å². The van der Waals surface area contributed by atoms with Gasteiger partial charge in [-0.2, -0.15) is 0 Å². The molecule has 8 atom stereocenters. The Bertz CT molecular complexity index is 560. The lowest BCUT2D eigenvalue weighted by Gasteiger charge is -2.58. The van der Waals surface area contributed by atoms with Gasteiger partial charge in [-0.1, -0.05) is 25.5 Å². The summed E-state index contributed by atoms with van der Waals surface area (Å²) in [5.74, 6) is 2.55. The minimum atomic E-state index is -0.0881. The van der Waals surface area contributed by atoms with Crippen molar-refractivity contribution in [1.82, 2.24) is 0 Å². The van der Waals surface area contributed by atoms with Crippen LogP contribution in [0.25, 0.3) is 0 Å². The van der Waals surface area contributed by atoms with Crippen LogP contribution in [-0.4, -0.2) is 20.9 Å². The molecule has 22 heavy (non-hydrogen) atoms. The lowest BCUT2D eigenvalue weighted by molar-refractivity contribution is -0.0637. The summed E-state index contributed by atoms with van der Waals surface area (Å²) < 4.78 is 6.24. The van der Waals surface area contributed by atoms with Crippen molar-refractivity contribution in [2.24, 2.45) is 28.6 Å². The van der Waals surface area contributed by atoms with Crippen molar-refractivity contribution in [3.8, 4) is 0 Å². The summed E-state index contributed by atoms with van der Waals surface area (Å²) in [4.78, 5) is 0. The molecule has 1 heterocycles. The monoisotopic (exact) mass is 414 g/mol. The van der Waals surface area contributed by atoms with E-state index >= 15 is 0 Å². The Hall–Kier alpha value is 0.390. The van der Waals surface area contributed by atoms with Crippen LogP contribution in [0.3, 0.4) is 0 Å². The fourth-order valence-electron chi connectivity index (χ4n) is 6.93. The van der Waals surface area contributed by atoms with Gasteiger partial charge in [-0.05, 0) is 90.7 Å². The molecule has 1 saturated heterocycles. The molecular formula is C19H27IO2. The largest absolute Gasteiger partial charge is 0.393 e. The van der Waals surface area contributed by atoms with E-state index in [0.29, 0.717) is 16.9 Å². The molecule has 0 aromatic rings. The predicted octanol–water partition coefficient (Wildman–Crippen LogP) is 4.45. The van der Waals surface area contributed by atoms with Crippen molar-refractivity contribution in [2.45, 2.75) is 74.6 Å². The zero-order valence-corrected chi connectivity index (χ0v) is 15.8. The van der Waals surface area contributed by atoms with E-state index in [4.69, 9.17) is 4.74 Å². The van der Waals surface area contributed by atoms with Crippen LogP contribution in [0, 0.1) is 28.6 Å². The van der Waals surface area contributed by atoms with E-state index in [9.17, 15) is 5.11 Å². The molecule has 1 N–H and O–H groups in total. The van der Waals surface area contributed by atoms with E-state index in [1.54, 1.807) is 5.57 Å². The van der Waals surface area contributed by atoms with Crippen LogP contribution in [0.1, 0.15) is 58.8 Å². The van der Waals surface area contributed by atoms with Gasteiger partial charge in [0.2, 0.25) is 0 Å². The highest BCUT2D eigenvalue weighted by Crippen LogP contribution is 2.75. The van der Waals surface area contributed by atoms with Crippen molar-refractivity contribution < 1.29 is 9.84 Å². The fourth-order valence-corrected chi connectivity index (χ4v) is 8.16. The average Bonchev–Trinajstić information content (AvgIpc) is 3.09. The first kappa shape index (κ1) is 14.7. The van der Waals surface area contributed by atoms with Gasteiger partial charge in [0.25, 0.3) is 0 Å². The number of ether oxygens (including phenoxy) is 1. The van der Waals surface area contributed by atoms with Gasteiger partial charge < -0.3 is 9.84 Å². The second-order valence-electron chi connectivity index (χ2n) is 9.10. The first-order chi connectivity index (χ1) is 10.4. The first-order valence-electron chi connectivity index (χ1n) is 9.13. The quantitative estimate of drug-likeness (QED) is 0.275. The lowest BCUT2D eigenvalue weighted by Crippen LogP contribution is -2.51. The molecule has 5 aliphatic rings. The fraction of sp³-hybridized carbons (Fsp3) is 0.895. The summed E-state index contributed by atoms with van der Waals surface area (Å²) in [5.41, 5.74) is 2.35. The first-order valence-corrected chi connectivity index (χ1v) is 10.2. The summed E-state index contributed by atoms with van der Waals surface area (Å²) in [6, 6.07) is 0. The molecule has 3 saturated carbocycles. The summed E-state index contributed by atoms with van der Waals surface area (Å²) in [5, 5.41) is 10.1. The summed E-state index contributed by atoms with van der Waals surface area (Å²) >= 11 is 2.63. The van der Waals surface area contributed by atoms with E-state index in [-0.39, 0.29) is 9.71 Å². The predicted molar refractivity (Wildman–Crippen MR) is 94.7 cm³/mol. The highest BCUT2D eigenvalue weighted by atomic mass is 127. The maximum absolute atomic E-state index is 10.1. The lowest BCUT2D eigenvalue weighted by atomic mass is 9.48. The Kier molecular flexibility index (Phi) is 2.89. The molecule has 0 spiro atoms. The van der Waals surface area contributed by atoms with Gasteiger partial charge in [-0.25, -0.2) is 0 Å². The molecule has 3 heteroatoms. The smallest absolute Gasteiger partial charge is 0.151 e. The molecule has 0 radical (unpaired) electrons. The second-order valence-corrected chi connectivity index (χ2v) is 10.7. The number of allylic oxidation sites excluding steroid dienone is 1. The van der Waals surface area contributed by atoms with Gasteiger partial charge in [0.1, 0.15) is 0 Å². The molecule has 122 valence electrons. The van der Waals surface area contributed by atoms with Gasteiger partial charge in [0.15, 0.2) is 3.61 Å². The number of halogens is 1. The second kappa shape index (κ2) is 4.32. The third-order valence-electron chi connectivity index (χ3n) is 8.38. The van der Waals surface area contributed by atoms with Gasteiger partial charge >= 0.3 is 0 Å². The van der Waals surface area contributed by atoms with Gasteiger partial charge in [0, 0.05) is 5.41 Å². The number of fused-ring (bicyclic) bond motifs is 7. The van der Waals surface area contributed by atoms with E-state index in [2.05, 4.69) is 42.5 Å². The van der Waals surface area contributed by atoms with Crippen LogP contribution in [0.4, 0.5) is 0 Å². The minimum Gasteiger partial charge on any atom is -0.393 e. The Morgan fingerprint density at radius 2 is 2.05 bits per heavy atom. The van der Waals surface area contributed by atoms with E-state index in [0.717, 1.165) is 30.6 Å². The van der Waals surface area contributed by atoms with E-state index < -0.39 is 0 Å². The van der Waals surface area contributed by atoms with Crippen LogP contribution >= 0.6 is 22.6 Å². The Morgan fingerprint density at radius 3 is 2.86 bits per heavy atom. The summed E-state index contributed by atoms with van der Waals surface area (Å²) in [6.45, 7) is 5.02. The Labute approximate surface area is 147 Å². The average molecular weight is 414 g/mol. The summed E-state index contributed by atoms with van der Waals surface area (Å²) in [6.07, 6.45) is 11.4. The zero-order valence-electron chi connectivity index (χ0n) is 13.6. The SMILES string of the molecule is C[C@]12CC[C@H](O)CC1=CC[C@@H]1[C@@H]2CC[C@@]2(C)[C@H]1C[C@@H]1O[C@@]12I. The van der Waals surface area contributed by atoms with Crippen LogP contribution < -0.4 is 0 Å². The molecule has 5 rings (SSSR count). The molecule has 0 unspecified atom stereocenters. The third kappa shape index (κ3) is 1.59. The zero-order chi connectivity index (χ0) is 15.3. The standard InChI is InChI=1S/C19H27IO2/c1-17-7-5-12(21)9-11(17)3-4-13-14(17)6-8-18(2)15(13)10-16-19(18,20)22-16/h3,12-16,21H,4-10H2,1-2H3/t12-,13+,14-,15-,16-,17-,18-,19-/m0/s1.